The van der Waals surface area contributed by atoms with E-state index in [0.29, 0.717) is 0 Å². The van der Waals surface area contributed by atoms with Crippen molar-refractivity contribution in [3.05, 3.63) is 48.8 Å². The lowest BCUT2D eigenvalue weighted by molar-refractivity contribution is 1.15. The Morgan fingerprint density at radius 3 is 2.53 bits per heavy atom. The van der Waals surface area contributed by atoms with Crippen molar-refractivity contribution < 1.29 is 0 Å². The Labute approximate surface area is 87.4 Å². The lowest BCUT2D eigenvalue weighted by Crippen LogP contribution is -1.66. The van der Waals surface area contributed by atoms with Crippen LogP contribution in [0.1, 0.15) is 5.82 Å². The molecule has 76 valence electrons. The van der Waals surface area contributed by atoms with E-state index in [1.807, 2.05) is 31.2 Å². The summed E-state index contributed by atoms with van der Waals surface area (Å²) >= 11 is 0. The molecule has 0 saturated heterocycles. The number of rotatable bonds is 0. The summed E-state index contributed by atoms with van der Waals surface area (Å²) in [5.74, 6) is 0.968. The van der Waals surface area contributed by atoms with Gasteiger partial charge in [-0.1, -0.05) is 12.1 Å². The Kier molecular flexibility index (Phi) is 2.78. The molecule has 3 rings (SSSR count). The van der Waals surface area contributed by atoms with Crippen molar-refractivity contribution in [2.75, 3.05) is 0 Å². The third-order valence-electron chi connectivity index (χ3n) is 1.96. The molecule has 0 bridgehead atoms. The Bertz CT molecular complexity index is 480. The van der Waals surface area contributed by atoms with Crippen molar-refractivity contribution in [3.8, 4) is 0 Å². The molecule has 0 aliphatic heterocycles. The standard InChI is InChI=1S/C7H6N2.C4H6N2/c1-2-4-7-6(3-1)8-5-9-7;1-4-5-2-3-6-4/h1-5H,(H,8,9);2-3H,1H3,(H,5,6). The van der Waals surface area contributed by atoms with Crippen molar-refractivity contribution in [2.45, 2.75) is 6.92 Å². The highest BCUT2D eigenvalue weighted by Crippen LogP contribution is 2.05. The van der Waals surface area contributed by atoms with Gasteiger partial charge in [-0.15, -0.1) is 0 Å². The summed E-state index contributed by atoms with van der Waals surface area (Å²) in [7, 11) is 0. The Morgan fingerprint density at radius 1 is 1.07 bits per heavy atom. The van der Waals surface area contributed by atoms with Crippen LogP contribution < -0.4 is 0 Å². The summed E-state index contributed by atoms with van der Waals surface area (Å²) < 4.78 is 0. The van der Waals surface area contributed by atoms with E-state index in [9.17, 15) is 0 Å². The van der Waals surface area contributed by atoms with Crippen LogP contribution in [0.25, 0.3) is 11.0 Å². The number of para-hydroxylation sites is 2. The number of fused-ring (bicyclic) bond motifs is 1. The molecule has 2 heterocycles. The molecule has 0 amide bonds. The molecule has 4 nitrogen and oxygen atoms in total. The molecule has 3 aromatic rings. The van der Waals surface area contributed by atoms with Crippen molar-refractivity contribution in [2.24, 2.45) is 0 Å². The van der Waals surface area contributed by atoms with Crippen LogP contribution in [0.15, 0.2) is 43.0 Å². The third kappa shape index (κ3) is 2.43. The van der Waals surface area contributed by atoms with Crippen molar-refractivity contribution >= 4 is 11.0 Å². The molecule has 0 spiro atoms. The Balaban J connectivity index is 0.000000124. The number of nitrogens with zero attached hydrogens (tertiary/aromatic N) is 2. The van der Waals surface area contributed by atoms with Gasteiger partial charge >= 0.3 is 0 Å². The second-order valence-electron chi connectivity index (χ2n) is 3.09. The maximum absolute atomic E-state index is 4.06. The maximum Gasteiger partial charge on any atom is 0.102 e. The predicted molar refractivity (Wildman–Crippen MR) is 59.4 cm³/mol. The number of aromatic amines is 2. The summed E-state index contributed by atoms with van der Waals surface area (Å²) in [5, 5.41) is 0. The molecule has 0 unspecified atom stereocenters. The third-order valence-corrected chi connectivity index (χ3v) is 1.96. The topological polar surface area (TPSA) is 57.4 Å². The number of aryl methyl sites for hydroxylation is 1. The molecule has 0 atom stereocenters. The Hall–Kier alpha value is -2.10. The molecule has 2 aromatic heterocycles. The molecule has 0 fully saturated rings. The van der Waals surface area contributed by atoms with E-state index < -0.39 is 0 Å². The zero-order valence-electron chi connectivity index (χ0n) is 8.44. The molecule has 0 aliphatic carbocycles. The van der Waals surface area contributed by atoms with Gasteiger partial charge in [0.2, 0.25) is 0 Å². The van der Waals surface area contributed by atoms with E-state index in [0.717, 1.165) is 16.9 Å². The molecule has 2 N–H and O–H groups in total. The monoisotopic (exact) mass is 200 g/mol. The number of hydrogen-bond acceptors (Lipinski definition) is 2. The second kappa shape index (κ2) is 4.41. The van der Waals surface area contributed by atoms with E-state index in [2.05, 4.69) is 19.9 Å². The highest BCUT2D eigenvalue weighted by molar-refractivity contribution is 5.73. The second-order valence-corrected chi connectivity index (χ2v) is 3.09. The molecule has 0 radical (unpaired) electrons. The first-order valence-corrected chi connectivity index (χ1v) is 4.70. The van der Waals surface area contributed by atoms with Crippen molar-refractivity contribution in [1.29, 1.82) is 0 Å². The van der Waals surface area contributed by atoms with Gasteiger partial charge in [0.25, 0.3) is 0 Å². The van der Waals surface area contributed by atoms with Crippen LogP contribution in [0.4, 0.5) is 0 Å². The summed E-state index contributed by atoms with van der Waals surface area (Å²) in [5.41, 5.74) is 2.12. The van der Waals surface area contributed by atoms with Crippen molar-refractivity contribution in [1.82, 2.24) is 19.9 Å². The van der Waals surface area contributed by atoms with E-state index in [4.69, 9.17) is 0 Å². The van der Waals surface area contributed by atoms with Crippen LogP contribution in [0.5, 0.6) is 0 Å². The van der Waals surface area contributed by atoms with Gasteiger partial charge in [-0.3, -0.25) is 0 Å². The summed E-state index contributed by atoms with van der Waals surface area (Å²) in [6.45, 7) is 1.92. The fourth-order valence-electron chi connectivity index (χ4n) is 1.22. The zero-order valence-corrected chi connectivity index (χ0v) is 8.44. The number of H-pyrrole nitrogens is 2. The first-order chi connectivity index (χ1) is 7.36. The largest absolute Gasteiger partial charge is 0.349 e. The smallest absolute Gasteiger partial charge is 0.102 e. The van der Waals surface area contributed by atoms with E-state index in [-0.39, 0.29) is 0 Å². The van der Waals surface area contributed by atoms with Crippen LogP contribution >= 0.6 is 0 Å². The van der Waals surface area contributed by atoms with Gasteiger partial charge < -0.3 is 9.97 Å². The SMILES string of the molecule is Cc1ncc[nH]1.c1ccc2[nH]cnc2c1. The molecule has 0 saturated carbocycles. The van der Waals surface area contributed by atoms with Gasteiger partial charge in [-0.2, -0.15) is 0 Å². The van der Waals surface area contributed by atoms with Gasteiger partial charge in [0.1, 0.15) is 5.82 Å². The minimum Gasteiger partial charge on any atom is -0.349 e. The number of benzene rings is 1. The lowest BCUT2D eigenvalue weighted by atomic mass is 10.3. The first kappa shape index (κ1) is 9.45. The minimum atomic E-state index is 0.968. The Morgan fingerprint density at radius 2 is 1.93 bits per heavy atom. The van der Waals surface area contributed by atoms with E-state index in [1.165, 1.54) is 0 Å². The van der Waals surface area contributed by atoms with Gasteiger partial charge in [0.05, 0.1) is 17.4 Å². The van der Waals surface area contributed by atoms with E-state index >= 15 is 0 Å². The van der Waals surface area contributed by atoms with Gasteiger partial charge in [0.15, 0.2) is 0 Å². The van der Waals surface area contributed by atoms with Gasteiger partial charge in [-0.05, 0) is 19.1 Å². The van der Waals surface area contributed by atoms with Crippen LogP contribution in [-0.2, 0) is 0 Å². The minimum absolute atomic E-state index is 0.968. The van der Waals surface area contributed by atoms with Crippen molar-refractivity contribution in [3.63, 3.8) is 0 Å². The normalized spacial score (nSPS) is 9.67. The number of imidazole rings is 2. The zero-order chi connectivity index (χ0) is 10.5. The number of aromatic nitrogens is 4. The molecule has 4 heteroatoms. The predicted octanol–water partition coefficient (Wildman–Crippen LogP) is 2.28. The fourth-order valence-corrected chi connectivity index (χ4v) is 1.22. The number of hydrogen-bond donors (Lipinski definition) is 2. The average Bonchev–Trinajstić information content (AvgIpc) is 2.88. The molecule has 1 aromatic carbocycles. The van der Waals surface area contributed by atoms with Crippen LogP contribution in [0, 0.1) is 6.92 Å². The van der Waals surface area contributed by atoms with E-state index in [1.54, 1.807) is 18.7 Å². The lowest BCUT2D eigenvalue weighted by Gasteiger charge is -1.81. The number of nitrogens with one attached hydrogen (secondary N) is 2. The van der Waals surface area contributed by atoms with Gasteiger partial charge in [-0.25, -0.2) is 9.97 Å². The van der Waals surface area contributed by atoms with Crippen LogP contribution in [-0.4, -0.2) is 19.9 Å². The molecular weight excluding hydrogens is 188 g/mol. The molecular formula is C11H12N4. The average molecular weight is 200 g/mol. The van der Waals surface area contributed by atoms with Crippen LogP contribution in [0.3, 0.4) is 0 Å². The summed E-state index contributed by atoms with van der Waals surface area (Å²) in [6.07, 6.45) is 5.23. The van der Waals surface area contributed by atoms with Crippen LogP contribution in [0.2, 0.25) is 0 Å². The fraction of sp³-hybridized carbons (Fsp3) is 0.0909. The van der Waals surface area contributed by atoms with Gasteiger partial charge in [0, 0.05) is 12.4 Å². The molecule has 0 aliphatic rings. The first-order valence-electron chi connectivity index (χ1n) is 4.70. The highest BCUT2D eigenvalue weighted by Gasteiger charge is 1.88. The summed E-state index contributed by atoms with van der Waals surface area (Å²) in [6, 6.07) is 7.94. The molecule has 15 heavy (non-hydrogen) atoms. The summed E-state index contributed by atoms with van der Waals surface area (Å²) in [4.78, 5) is 13.8. The highest BCUT2D eigenvalue weighted by atomic mass is 14.9. The quantitative estimate of drug-likeness (QED) is 0.585. The maximum atomic E-state index is 4.06.